The number of unbranched alkanes of at least 4 members (excludes halogenated alkanes) is 1. The van der Waals surface area contributed by atoms with Crippen LogP contribution in [0.25, 0.3) is 0 Å². The van der Waals surface area contributed by atoms with E-state index in [9.17, 15) is 9.90 Å². The second-order valence-electron chi connectivity index (χ2n) is 7.45. The van der Waals surface area contributed by atoms with Gasteiger partial charge in [-0.2, -0.15) is 0 Å². The normalized spacial score (nSPS) is 12.9. The molecule has 0 aromatic heterocycles. The van der Waals surface area contributed by atoms with Crippen LogP contribution in [0.2, 0.25) is 0 Å². The minimum absolute atomic E-state index is 0.187. The van der Waals surface area contributed by atoms with Crippen LogP contribution in [0, 0.1) is 0 Å². The fourth-order valence-electron chi connectivity index (χ4n) is 3.43. The van der Waals surface area contributed by atoms with Crippen LogP contribution in [0.3, 0.4) is 0 Å². The first kappa shape index (κ1) is 24.0. The predicted octanol–water partition coefficient (Wildman–Crippen LogP) is 5.15. The molecule has 0 saturated heterocycles. The first-order valence-corrected chi connectivity index (χ1v) is 11.2. The topological polar surface area (TPSA) is 58.6 Å². The maximum atomic E-state index is 11.3. The summed E-state index contributed by atoms with van der Waals surface area (Å²) < 4.78 is 5.31. The number of rotatable bonds is 13. The average molecular weight is 428 g/mol. The number of carboxylic acid groups (broad SMARTS) is 1. The summed E-state index contributed by atoms with van der Waals surface area (Å²) in [6.45, 7) is 5.29. The van der Waals surface area contributed by atoms with E-state index >= 15 is 0 Å². The second-order valence-corrected chi connectivity index (χ2v) is 7.89. The lowest BCUT2D eigenvalue weighted by molar-refractivity contribution is -0.149. The molecule has 0 aliphatic rings. The van der Waals surface area contributed by atoms with Gasteiger partial charge in [0.1, 0.15) is 0 Å². The Morgan fingerprint density at radius 2 is 1.73 bits per heavy atom. The molecule has 2 N–H and O–H groups in total. The number of thiocarbonyl (C=S) groups is 1. The molecule has 2 rings (SSSR count). The standard InChI is InChI=1S/C25H33NO3S/c1-3-5-17-26-24(30)22(21-9-7-6-8-10-21)16-15-19-11-13-20(14-12-19)18-23(25(27)28)29-4-2/h6-14,22-23H,3-5,15-18H2,1-2H3,(H,26,30)(H,27,28)/t22-,23+/m1/s1. The van der Waals surface area contributed by atoms with Gasteiger partial charge < -0.3 is 15.2 Å². The molecule has 0 aliphatic carbocycles. The van der Waals surface area contributed by atoms with Gasteiger partial charge in [0.25, 0.3) is 0 Å². The Hall–Kier alpha value is -2.24. The highest BCUT2D eigenvalue weighted by Crippen LogP contribution is 2.23. The van der Waals surface area contributed by atoms with E-state index in [1.165, 1.54) is 11.1 Å². The van der Waals surface area contributed by atoms with Crippen molar-refractivity contribution in [2.24, 2.45) is 0 Å². The van der Waals surface area contributed by atoms with Crippen molar-refractivity contribution < 1.29 is 14.6 Å². The smallest absolute Gasteiger partial charge is 0.333 e. The van der Waals surface area contributed by atoms with Gasteiger partial charge in [0.2, 0.25) is 0 Å². The van der Waals surface area contributed by atoms with E-state index in [-0.39, 0.29) is 5.92 Å². The summed E-state index contributed by atoms with van der Waals surface area (Å²) in [5.41, 5.74) is 3.43. The Labute approximate surface area is 185 Å². The van der Waals surface area contributed by atoms with Gasteiger partial charge in [-0.3, -0.25) is 0 Å². The number of aliphatic carboxylic acids is 1. The Bertz CT molecular complexity index is 777. The maximum absolute atomic E-state index is 11.3. The van der Waals surface area contributed by atoms with E-state index in [1.807, 2.05) is 25.1 Å². The SMILES string of the molecule is CCCCNC(=S)[C@H](CCc1ccc(C[C@H](OCC)C(=O)O)cc1)c1ccccc1. The zero-order chi connectivity index (χ0) is 21.8. The first-order chi connectivity index (χ1) is 14.5. The summed E-state index contributed by atoms with van der Waals surface area (Å²) >= 11 is 5.72. The predicted molar refractivity (Wildman–Crippen MR) is 126 cm³/mol. The van der Waals surface area contributed by atoms with Crippen LogP contribution in [-0.4, -0.2) is 35.3 Å². The lowest BCUT2D eigenvalue weighted by Crippen LogP contribution is -2.28. The molecule has 0 amide bonds. The van der Waals surface area contributed by atoms with Crippen molar-refractivity contribution in [3.8, 4) is 0 Å². The number of carboxylic acids is 1. The molecule has 0 unspecified atom stereocenters. The Kier molecular flexibility index (Phi) is 10.5. The minimum Gasteiger partial charge on any atom is -0.479 e. The van der Waals surface area contributed by atoms with Crippen LogP contribution in [0.5, 0.6) is 0 Å². The van der Waals surface area contributed by atoms with Gasteiger partial charge in [-0.1, -0.05) is 80.2 Å². The van der Waals surface area contributed by atoms with Gasteiger partial charge in [-0.25, -0.2) is 4.79 Å². The van der Waals surface area contributed by atoms with E-state index in [0.29, 0.717) is 13.0 Å². The molecule has 2 aromatic carbocycles. The Morgan fingerprint density at radius 3 is 2.33 bits per heavy atom. The Balaban J connectivity index is 2.00. The molecule has 2 aromatic rings. The summed E-state index contributed by atoms with van der Waals surface area (Å²) in [6, 6.07) is 18.6. The molecular weight excluding hydrogens is 394 g/mol. The number of nitrogens with one attached hydrogen (secondary N) is 1. The molecule has 0 bridgehead atoms. The van der Waals surface area contributed by atoms with Crippen molar-refractivity contribution in [1.82, 2.24) is 5.32 Å². The third-order valence-electron chi connectivity index (χ3n) is 5.16. The number of hydrogen-bond acceptors (Lipinski definition) is 3. The molecule has 0 fully saturated rings. The third-order valence-corrected chi connectivity index (χ3v) is 5.59. The lowest BCUT2D eigenvalue weighted by Gasteiger charge is -2.20. The van der Waals surface area contributed by atoms with Gasteiger partial charge in [0.15, 0.2) is 6.10 Å². The molecule has 30 heavy (non-hydrogen) atoms. The van der Waals surface area contributed by atoms with Crippen molar-refractivity contribution in [2.45, 2.75) is 58.0 Å². The zero-order valence-electron chi connectivity index (χ0n) is 18.0. The molecule has 0 spiro atoms. The summed E-state index contributed by atoms with van der Waals surface area (Å²) in [7, 11) is 0. The van der Waals surface area contributed by atoms with Gasteiger partial charge in [-0.05, 0) is 42.9 Å². The molecule has 0 saturated carbocycles. The number of ether oxygens (including phenoxy) is 1. The lowest BCUT2D eigenvalue weighted by atomic mass is 9.91. The van der Waals surface area contributed by atoms with Crippen molar-refractivity contribution >= 4 is 23.2 Å². The van der Waals surface area contributed by atoms with Crippen LogP contribution < -0.4 is 5.32 Å². The fourth-order valence-corrected chi connectivity index (χ4v) is 3.79. The zero-order valence-corrected chi connectivity index (χ0v) is 18.8. The highest BCUT2D eigenvalue weighted by atomic mass is 32.1. The highest BCUT2D eigenvalue weighted by molar-refractivity contribution is 7.80. The second kappa shape index (κ2) is 13.1. The van der Waals surface area contributed by atoms with Gasteiger partial charge in [0.05, 0.1) is 4.99 Å². The number of aryl methyl sites for hydroxylation is 1. The number of hydrogen-bond donors (Lipinski definition) is 2. The number of carbonyl (C=O) groups is 1. The van der Waals surface area contributed by atoms with E-state index < -0.39 is 12.1 Å². The average Bonchev–Trinajstić information content (AvgIpc) is 2.75. The highest BCUT2D eigenvalue weighted by Gasteiger charge is 2.19. The summed E-state index contributed by atoms with van der Waals surface area (Å²) in [6.07, 6.45) is 3.67. The quantitative estimate of drug-likeness (QED) is 0.342. The van der Waals surface area contributed by atoms with E-state index in [1.54, 1.807) is 0 Å². The maximum Gasteiger partial charge on any atom is 0.333 e. The van der Waals surface area contributed by atoms with Crippen molar-refractivity contribution in [1.29, 1.82) is 0 Å². The first-order valence-electron chi connectivity index (χ1n) is 10.8. The van der Waals surface area contributed by atoms with Crippen LogP contribution in [0.15, 0.2) is 54.6 Å². The van der Waals surface area contributed by atoms with Crippen molar-refractivity contribution in [3.05, 3.63) is 71.3 Å². The number of benzene rings is 2. The Morgan fingerprint density at radius 1 is 1.07 bits per heavy atom. The minimum atomic E-state index is -0.921. The van der Waals surface area contributed by atoms with Crippen molar-refractivity contribution in [2.75, 3.05) is 13.2 Å². The van der Waals surface area contributed by atoms with E-state index in [2.05, 4.69) is 48.6 Å². The molecule has 0 aliphatic heterocycles. The van der Waals surface area contributed by atoms with Gasteiger partial charge >= 0.3 is 5.97 Å². The molecule has 162 valence electrons. The largest absolute Gasteiger partial charge is 0.479 e. The molecule has 2 atom stereocenters. The fraction of sp³-hybridized carbons (Fsp3) is 0.440. The summed E-state index contributed by atoms with van der Waals surface area (Å²) in [5, 5.41) is 12.7. The molecule has 0 heterocycles. The van der Waals surface area contributed by atoms with Crippen LogP contribution in [-0.2, 0) is 22.4 Å². The van der Waals surface area contributed by atoms with Crippen LogP contribution in [0.4, 0.5) is 0 Å². The van der Waals surface area contributed by atoms with Gasteiger partial charge in [0, 0.05) is 25.5 Å². The van der Waals surface area contributed by atoms with Crippen molar-refractivity contribution in [3.63, 3.8) is 0 Å². The molecular formula is C25H33NO3S. The van der Waals surface area contributed by atoms with Crippen LogP contribution >= 0.6 is 12.2 Å². The summed E-state index contributed by atoms with van der Waals surface area (Å²) in [4.78, 5) is 12.2. The van der Waals surface area contributed by atoms with Gasteiger partial charge in [-0.15, -0.1) is 0 Å². The van der Waals surface area contributed by atoms with E-state index in [0.717, 1.165) is 42.8 Å². The third kappa shape index (κ3) is 7.88. The van der Waals surface area contributed by atoms with Crippen LogP contribution in [0.1, 0.15) is 55.7 Å². The molecule has 4 nitrogen and oxygen atoms in total. The monoisotopic (exact) mass is 427 g/mol. The summed E-state index contributed by atoms with van der Waals surface area (Å²) in [5.74, 6) is -0.734. The van der Waals surface area contributed by atoms with E-state index in [4.69, 9.17) is 17.0 Å². The molecule has 5 heteroatoms. The molecule has 0 radical (unpaired) electrons.